The van der Waals surface area contributed by atoms with E-state index in [1.807, 2.05) is 24.3 Å². The quantitative estimate of drug-likeness (QED) is 0.325. The molecule has 0 spiro atoms. The molecule has 0 fully saturated rings. The Labute approximate surface area is 115 Å². The van der Waals surface area contributed by atoms with Gasteiger partial charge in [-0.3, -0.25) is 15.6 Å². The summed E-state index contributed by atoms with van der Waals surface area (Å²) in [5, 5.41) is 3.40. The molecular formula is C15H25N3O. The maximum absolute atomic E-state index is 10.1. The number of carbonyl (C=O) groups is 1. The van der Waals surface area contributed by atoms with Crippen molar-refractivity contribution in [3.63, 3.8) is 0 Å². The second kappa shape index (κ2) is 10.2. The number of benzene rings is 1. The number of unbranched alkanes of at least 4 members (excludes halogenated alkanes) is 5. The lowest BCUT2D eigenvalue weighted by Gasteiger charge is -2.08. The van der Waals surface area contributed by atoms with E-state index in [1.165, 1.54) is 38.5 Å². The molecule has 0 saturated carbocycles. The first-order valence-corrected chi connectivity index (χ1v) is 7.16. The van der Waals surface area contributed by atoms with E-state index in [4.69, 9.17) is 0 Å². The third-order valence-electron chi connectivity index (χ3n) is 3.02. The largest absolute Gasteiger partial charge is 0.385 e. The highest BCUT2D eigenvalue weighted by Crippen LogP contribution is 2.13. The van der Waals surface area contributed by atoms with Crippen molar-refractivity contribution < 1.29 is 4.79 Å². The summed E-state index contributed by atoms with van der Waals surface area (Å²) in [6.07, 6.45) is 8.50. The van der Waals surface area contributed by atoms with Gasteiger partial charge in [-0.15, -0.1) is 0 Å². The standard InChI is InChI=1S/C15H25N3O/c1-2-3-4-5-6-7-12-16-14-8-10-15(11-9-14)18-17-13-19/h8-11,13,16,18H,2-7,12H2,1H3,(H,17,19). The predicted octanol–water partition coefficient (Wildman–Crippen LogP) is 3.53. The first-order valence-electron chi connectivity index (χ1n) is 7.16. The van der Waals surface area contributed by atoms with Crippen LogP contribution in [0, 0.1) is 0 Å². The molecule has 0 radical (unpaired) electrons. The fourth-order valence-corrected chi connectivity index (χ4v) is 1.92. The summed E-state index contributed by atoms with van der Waals surface area (Å²) in [5.74, 6) is 0. The van der Waals surface area contributed by atoms with Crippen molar-refractivity contribution in [2.24, 2.45) is 0 Å². The van der Waals surface area contributed by atoms with Crippen LogP contribution in [0.5, 0.6) is 0 Å². The van der Waals surface area contributed by atoms with Crippen molar-refractivity contribution in [2.45, 2.75) is 45.4 Å². The molecule has 0 atom stereocenters. The number of hydrogen-bond donors (Lipinski definition) is 3. The van der Waals surface area contributed by atoms with Crippen molar-refractivity contribution in [1.82, 2.24) is 5.43 Å². The SMILES string of the molecule is CCCCCCCCNc1ccc(NNC=O)cc1. The molecule has 1 aromatic carbocycles. The van der Waals surface area contributed by atoms with Gasteiger partial charge in [0, 0.05) is 12.2 Å². The lowest BCUT2D eigenvalue weighted by atomic mass is 10.1. The maximum Gasteiger partial charge on any atom is 0.225 e. The molecular weight excluding hydrogens is 238 g/mol. The third-order valence-corrected chi connectivity index (χ3v) is 3.02. The zero-order valence-corrected chi connectivity index (χ0v) is 11.7. The average Bonchev–Trinajstić information content (AvgIpc) is 2.45. The van der Waals surface area contributed by atoms with Crippen LogP contribution in [0.15, 0.2) is 24.3 Å². The number of rotatable bonds is 11. The van der Waals surface area contributed by atoms with Crippen LogP contribution in [-0.2, 0) is 4.79 Å². The Morgan fingerprint density at radius 1 is 0.947 bits per heavy atom. The van der Waals surface area contributed by atoms with Crippen molar-refractivity contribution in [3.8, 4) is 0 Å². The Hall–Kier alpha value is -1.71. The van der Waals surface area contributed by atoms with Crippen LogP contribution >= 0.6 is 0 Å². The highest BCUT2D eigenvalue weighted by atomic mass is 16.1. The molecule has 1 aromatic rings. The third kappa shape index (κ3) is 7.34. The Morgan fingerprint density at radius 3 is 2.26 bits per heavy atom. The number of hydrogen-bond acceptors (Lipinski definition) is 3. The number of anilines is 2. The molecule has 0 aliphatic rings. The summed E-state index contributed by atoms with van der Waals surface area (Å²) in [7, 11) is 0. The van der Waals surface area contributed by atoms with Crippen molar-refractivity contribution in [1.29, 1.82) is 0 Å². The fraction of sp³-hybridized carbons (Fsp3) is 0.533. The lowest BCUT2D eigenvalue weighted by molar-refractivity contribution is -0.109. The number of carbonyl (C=O) groups excluding carboxylic acids is 1. The zero-order valence-electron chi connectivity index (χ0n) is 11.7. The van der Waals surface area contributed by atoms with Crippen LogP contribution in [0.3, 0.4) is 0 Å². The second-order valence-corrected chi connectivity index (χ2v) is 4.66. The summed E-state index contributed by atoms with van der Waals surface area (Å²) < 4.78 is 0. The first-order chi connectivity index (χ1) is 9.36. The van der Waals surface area contributed by atoms with E-state index in [-0.39, 0.29) is 0 Å². The van der Waals surface area contributed by atoms with Crippen LogP contribution < -0.4 is 16.2 Å². The molecule has 0 heterocycles. The molecule has 19 heavy (non-hydrogen) atoms. The minimum atomic E-state index is 0.616. The Bertz CT molecular complexity index is 338. The molecule has 1 rings (SSSR count). The maximum atomic E-state index is 10.1. The van der Waals surface area contributed by atoms with Gasteiger partial charge in [-0.25, -0.2) is 0 Å². The molecule has 0 aliphatic carbocycles. The smallest absolute Gasteiger partial charge is 0.225 e. The molecule has 4 nitrogen and oxygen atoms in total. The summed E-state index contributed by atoms with van der Waals surface area (Å²) in [5.41, 5.74) is 7.17. The molecule has 0 unspecified atom stereocenters. The number of amides is 1. The molecule has 0 bridgehead atoms. The van der Waals surface area contributed by atoms with Gasteiger partial charge >= 0.3 is 0 Å². The van der Waals surface area contributed by atoms with Crippen LogP contribution in [0.2, 0.25) is 0 Å². The average molecular weight is 263 g/mol. The van der Waals surface area contributed by atoms with Gasteiger partial charge in [-0.1, -0.05) is 39.0 Å². The fourth-order valence-electron chi connectivity index (χ4n) is 1.92. The van der Waals surface area contributed by atoms with E-state index in [1.54, 1.807) is 0 Å². The van der Waals surface area contributed by atoms with Gasteiger partial charge in [0.25, 0.3) is 0 Å². The van der Waals surface area contributed by atoms with Crippen LogP contribution in [0.25, 0.3) is 0 Å². The van der Waals surface area contributed by atoms with E-state index in [0.717, 1.165) is 17.9 Å². The summed E-state index contributed by atoms with van der Waals surface area (Å²) in [6.45, 7) is 3.26. The molecule has 0 aromatic heterocycles. The lowest BCUT2D eigenvalue weighted by Crippen LogP contribution is -2.18. The van der Waals surface area contributed by atoms with Crippen molar-refractivity contribution >= 4 is 17.8 Å². The van der Waals surface area contributed by atoms with Crippen LogP contribution in [-0.4, -0.2) is 13.0 Å². The minimum absolute atomic E-state index is 0.616. The number of hydrazine groups is 1. The molecule has 4 heteroatoms. The van der Waals surface area contributed by atoms with E-state index < -0.39 is 0 Å². The first kappa shape index (κ1) is 15.3. The Kier molecular flexibility index (Phi) is 8.27. The van der Waals surface area contributed by atoms with Gasteiger partial charge in [0.15, 0.2) is 0 Å². The van der Waals surface area contributed by atoms with Crippen molar-refractivity contribution in [3.05, 3.63) is 24.3 Å². The van der Waals surface area contributed by atoms with E-state index in [2.05, 4.69) is 23.1 Å². The van der Waals surface area contributed by atoms with E-state index in [0.29, 0.717) is 6.41 Å². The highest BCUT2D eigenvalue weighted by Gasteiger charge is 1.94. The van der Waals surface area contributed by atoms with Gasteiger partial charge in [0.2, 0.25) is 6.41 Å². The summed E-state index contributed by atoms with van der Waals surface area (Å²) in [4.78, 5) is 10.1. The summed E-state index contributed by atoms with van der Waals surface area (Å²) in [6, 6.07) is 7.87. The van der Waals surface area contributed by atoms with Gasteiger partial charge in [0.1, 0.15) is 0 Å². The van der Waals surface area contributed by atoms with E-state index in [9.17, 15) is 4.79 Å². The topological polar surface area (TPSA) is 53.2 Å². The summed E-state index contributed by atoms with van der Waals surface area (Å²) >= 11 is 0. The molecule has 0 aliphatic heterocycles. The Balaban J connectivity index is 2.10. The van der Waals surface area contributed by atoms with Crippen LogP contribution in [0.1, 0.15) is 45.4 Å². The van der Waals surface area contributed by atoms with Crippen LogP contribution in [0.4, 0.5) is 11.4 Å². The van der Waals surface area contributed by atoms with Gasteiger partial charge < -0.3 is 5.32 Å². The molecule has 106 valence electrons. The molecule has 1 amide bonds. The number of nitrogens with one attached hydrogen (secondary N) is 3. The molecule has 3 N–H and O–H groups in total. The second-order valence-electron chi connectivity index (χ2n) is 4.66. The minimum Gasteiger partial charge on any atom is -0.385 e. The monoisotopic (exact) mass is 263 g/mol. The predicted molar refractivity (Wildman–Crippen MR) is 81.1 cm³/mol. The Morgan fingerprint density at radius 2 is 1.58 bits per heavy atom. The highest BCUT2D eigenvalue weighted by molar-refractivity contribution is 5.56. The van der Waals surface area contributed by atoms with Crippen molar-refractivity contribution in [2.75, 3.05) is 17.3 Å². The molecule has 0 saturated heterocycles. The van der Waals surface area contributed by atoms with Gasteiger partial charge in [0.05, 0.1) is 5.69 Å². The normalized spacial score (nSPS) is 9.95. The van der Waals surface area contributed by atoms with E-state index >= 15 is 0 Å². The van der Waals surface area contributed by atoms with Gasteiger partial charge in [-0.2, -0.15) is 0 Å². The zero-order chi connectivity index (χ0) is 13.8. The van der Waals surface area contributed by atoms with Gasteiger partial charge in [-0.05, 0) is 30.7 Å².